The van der Waals surface area contributed by atoms with Crippen LogP contribution in [-0.2, 0) is 22.1 Å². The first-order chi connectivity index (χ1) is 7.74. The highest BCUT2D eigenvalue weighted by Crippen LogP contribution is 2.12. The smallest absolute Gasteiger partial charge is 0.420 e. The van der Waals surface area contributed by atoms with E-state index in [2.05, 4.69) is 0 Å². The zero-order chi connectivity index (χ0) is 12.3. The van der Waals surface area contributed by atoms with Gasteiger partial charge < -0.3 is 22.1 Å². The topological polar surface area (TPSA) is 46.2 Å². The summed E-state index contributed by atoms with van der Waals surface area (Å²) in [5.41, 5.74) is 0. The first-order valence-electron chi connectivity index (χ1n) is 5.56. The maximum Gasteiger partial charge on any atom is 0.679 e. The van der Waals surface area contributed by atoms with Crippen LogP contribution in [-0.4, -0.2) is 52.3 Å². The van der Waals surface area contributed by atoms with Gasteiger partial charge in [-0.2, -0.15) is 0 Å². The number of hydrogen-bond donors (Lipinski definition) is 0. The Hall–Kier alpha value is 0.234. The SMILES string of the molecule is CCO[Si](OCC)(OCC)OCC[Si]OC. The van der Waals surface area contributed by atoms with Crippen molar-refractivity contribution in [1.29, 1.82) is 0 Å². The van der Waals surface area contributed by atoms with E-state index < -0.39 is 9.05 Å². The van der Waals surface area contributed by atoms with Crippen molar-refractivity contribution in [2.75, 3.05) is 33.5 Å². The van der Waals surface area contributed by atoms with Crippen molar-refractivity contribution in [2.24, 2.45) is 0 Å². The van der Waals surface area contributed by atoms with Gasteiger partial charge in [-0.05, 0) is 26.8 Å². The number of hydrogen-bond acceptors (Lipinski definition) is 5. The van der Waals surface area contributed by atoms with Gasteiger partial charge in [0.05, 0.1) is 0 Å². The van der Waals surface area contributed by atoms with E-state index in [0.29, 0.717) is 36.2 Å². The molecule has 0 N–H and O–H groups in total. The molecule has 0 aliphatic rings. The van der Waals surface area contributed by atoms with Crippen LogP contribution in [0, 0.1) is 0 Å². The van der Waals surface area contributed by atoms with Gasteiger partial charge in [-0.3, -0.25) is 0 Å². The lowest BCUT2D eigenvalue weighted by atomic mass is 10.9. The van der Waals surface area contributed by atoms with Crippen LogP contribution in [0.1, 0.15) is 20.8 Å². The lowest BCUT2D eigenvalue weighted by Crippen LogP contribution is -2.49. The maximum absolute atomic E-state index is 5.65. The van der Waals surface area contributed by atoms with E-state index >= 15 is 0 Å². The molecular formula is C9H22O5Si2. The lowest BCUT2D eigenvalue weighted by Gasteiger charge is -2.26. The molecule has 16 heavy (non-hydrogen) atoms. The molecule has 2 radical (unpaired) electrons. The van der Waals surface area contributed by atoms with Crippen LogP contribution in [0.2, 0.25) is 6.04 Å². The van der Waals surface area contributed by atoms with Crippen LogP contribution >= 0.6 is 0 Å². The van der Waals surface area contributed by atoms with Gasteiger partial charge in [-0.1, -0.05) is 0 Å². The Balaban J connectivity index is 4.12. The van der Waals surface area contributed by atoms with Crippen LogP contribution < -0.4 is 0 Å². The third kappa shape index (κ3) is 6.74. The molecule has 0 rings (SSSR count). The zero-order valence-electron chi connectivity index (χ0n) is 10.6. The van der Waals surface area contributed by atoms with E-state index in [1.54, 1.807) is 7.11 Å². The molecule has 0 aliphatic heterocycles. The third-order valence-corrected chi connectivity index (χ3v) is 4.77. The summed E-state index contributed by atoms with van der Waals surface area (Å²) in [7, 11) is -0.782. The van der Waals surface area contributed by atoms with Crippen LogP contribution in [0.25, 0.3) is 0 Å². The average Bonchev–Trinajstić information content (AvgIpc) is 2.26. The Kier molecular flexibility index (Phi) is 10.5. The van der Waals surface area contributed by atoms with Crippen molar-refractivity contribution in [3.63, 3.8) is 0 Å². The fourth-order valence-corrected chi connectivity index (χ4v) is 3.61. The minimum Gasteiger partial charge on any atom is -0.420 e. The van der Waals surface area contributed by atoms with Crippen molar-refractivity contribution >= 4 is 18.8 Å². The standard InChI is InChI=1S/C9H22O5Si2/c1-5-11-16(12-6-2,13-7-3)14-8-9-15-10-4/h5-9H2,1-4H3. The van der Waals surface area contributed by atoms with Gasteiger partial charge in [0.1, 0.15) is 0 Å². The van der Waals surface area contributed by atoms with E-state index in [1.807, 2.05) is 20.8 Å². The van der Waals surface area contributed by atoms with Gasteiger partial charge in [-0.25, -0.2) is 0 Å². The molecule has 0 fully saturated rings. The zero-order valence-corrected chi connectivity index (χ0v) is 12.6. The molecule has 0 amide bonds. The predicted octanol–water partition coefficient (Wildman–Crippen LogP) is 1.23. The highest BCUT2D eigenvalue weighted by Gasteiger charge is 2.44. The summed E-state index contributed by atoms with van der Waals surface area (Å²) in [5.74, 6) is 0. The molecule has 96 valence electrons. The Labute approximate surface area is 102 Å². The van der Waals surface area contributed by atoms with Crippen molar-refractivity contribution in [2.45, 2.75) is 26.8 Å². The number of rotatable bonds is 11. The fraction of sp³-hybridized carbons (Fsp3) is 1.00. The third-order valence-electron chi connectivity index (χ3n) is 1.59. The summed E-state index contributed by atoms with van der Waals surface area (Å²) < 4.78 is 27.2. The van der Waals surface area contributed by atoms with E-state index in [4.69, 9.17) is 22.1 Å². The van der Waals surface area contributed by atoms with Crippen LogP contribution in [0.5, 0.6) is 0 Å². The summed E-state index contributed by atoms with van der Waals surface area (Å²) in [6, 6.07) is 0.832. The van der Waals surface area contributed by atoms with Gasteiger partial charge in [-0.15, -0.1) is 0 Å². The van der Waals surface area contributed by atoms with Crippen molar-refractivity contribution in [1.82, 2.24) is 0 Å². The molecule has 0 saturated carbocycles. The first kappa shape index (κ1) is 16.2. The maximum atomic E-state index is 5.65. The van der Waals surface area contributed by atoms with E-state index in [0.717, 1.165) is 6.04 Å². The van der Waals surface area contributed by atoms with Gasteiger partial charge in [0.2, 0.25) is 9.76 Å². The molecule has 0 bridgehead atoms. The van der Waals surface area contributed by atoms with Crippen molar-refractivity contribution in [3.8, 4) is 0 Å². The minimum atomic E-state index is -2.90. The molecule has 0 unspecified atom stereocenters. The van der Waals surface area contributed by atoms with E-state index in [1.165, 1.54) is 0 Å². The Morgan fingerprint density at radius 2 is 1.38 bits per heavy atom. The molecule has 0 aliphatic carbocycles. The molecule has 0 saturated heterocycles. The molecule has 5 nitrogen and oxygen atoms in total. The lowest BCUT2D eigenvalue weighted by molar-refractivity contribution is -0.0248. The van der Waals surface area contributed by atoms with Gasteiger partial charge >= 0.3 is 9.05 Å². The van der Waals surface area contributed by atoms with E-state index in [-0.39, 0.29) is 0 Å². The summed E-state index contributed by atoms with van der Waals surface area (Å²) in [4.78, 5) is 0. The second-order valence-electron chi connectivity index (χ2n) is 2.75. The average molecular weight is 266 g/mol. The Morgan fingerprint density at radius 1 is 0.875 bits per heavy atom. The van der Waals surface area contributed by atoms with E-state index in [9.17, 15) is 0 Å². The first-order valence-corrected chi connectivity index (χ1v) is 8.31. The van der Waals surface area contributed by atoms with Crippen molar-refractivity contribution in [3.05, 3.63) is 0 Å². The quantitative estimate of drug-likeness (QED) is 0.416. The summed E-state index contributed by atoms with van der Waals surface area (Å²) >= 11 is 0. The largest absolute Gasteiger partial charge is 0.679 e. The normalized spacial score (nSPS) is 12.0. The summed E-state index contributed by atoms with van der Waals surface area (Å²) in [6.07, 6.45) is 0. The molecule has 7 heteroatoms. The monoisotopic (exact) mass is 266 g/mol. The van der Waals surface area contributed by atoms with Crippen LogP contribution in [0.4, 0.5) is 0 Å². The van der Waals surface area contributed by atoms with Crippen LogP contribution in [0.15, 0.2) is 0 Å². The highest BCUT2D eigenvalue weighted by molar-refractivity contribution is 6.53. The molecule has 0 heterocycles. The molecule has 0 aromatic rings. The Bertz CT molecular complexity index is 142. The molecule has 0 aromatic carbocycles. The van der Waals surface area contributed by atoms with Gasteiger partial charge in [0, 0.05) is 33.5 Å². The molecular weight excluding hydrogens is 244 g/mol. The second kappa shape index (κ2) is 10.4. The van der Waals surface area contributed by atoms with Crippen LogP contribution in [0.3, 0.4) is 0 Å². The minimum absolute atomic E-state index is 0.438. The summed E-state index contributed by atoms with van der Waals surface area (Å²) in [5, 5.41) is 0. The molecule has 0 aromatic heterocycles. The molecule has 0 atom stereocenters. The fourth-order valence-electron chi connectivity index (χ4n) is 1.10. The second-order valence-corrected chi connectivity index (χ2v) is 6.10. The van der Waals surface area contributed by atoms with Crippen molar-refractivity contribution < 1.29 is 22.1 Å². The summed E-state index contributed by atoms with van der Waals surface area (Å²) in [6.45, 7) is 7.83. The van der Waals surface area contributed by atoms with Gasteiger partial charge in [0.15, 0.2) is 0 Å². The van der Waals surface area contributed by atoms with Gasteiger partial charge in [0.25, 0.3) is 0 Å². The predicted molar refractivity (Wildman–Crippen MR) is 64.2 cm³/mol. The Morgan fingerprint density at radius 3 is 1.75 bits per heavy atom. The molecule has 0 spiro atoms. The highest BCUT2D eigenvalue weighted by atomic mass is 28.4.